The first kappa shape index (κ1) is 25.2. The molecular formula is C30H30Cl2N4O2. The number of carbonyl (C=O) groups excluding carboxylic acids is 2. The number of aromatic nitrogens is 1. The number of amides is 2. The molecule has 8 heteroatoms. The molecule has 1 aromatic heterocycles. The monoisotopic (exact) mass is 548 g/mol. The molecule has 2 aromatic carbocycles. The number of nitrogens with one attached hydrogen (secondary N) is 1. The van der Waals surface area contributed by atoms with Crippen LogP contribution in [-0.4, -0.2) is 47.9 Å². The molecule has 0 radical (unpaired) electrons. The smallest absolute Gasteiger partial charge is 0.253 e. The SMILES string of the molecule is O=C(N[C@@H]1CCc2ccc(C(=O)N3CCC4(CCN(c5ccncc5)CC4)C3)cc21)c1cc(Cl)ccc1Cl. The average Bonchev–Trinajstić information content (AvgIpc) is 3.54. The summed E-state index contributed by atoms with van der Waals surface area (Å²) >= 11 is 12.3. The second kappa shape index (κ2) is 10.2. The van der Waals surface area contributed by atoms with E-state index in [-0.39, 0.29) is 23.3 Å². The number of likely N-dealkylation sites (tertiary alicyclic amines) is 1. The van der Waals surface area contributed by atoms with Crippen LogP contribution in [-0.2, 0) is 6.42 Å². The van der Waals surface area contributed by atoms with E-state index < -0.39 is 0 Å². The van der Waals surface area contributed by atoms with Gasteiger partial charge >= 0.3 is 0 Å². The second-order valence-corrected chi connectivity index (χ2v) is 11.6. The Labute approximate surface area is 232 Å². The van der Waals surface area contributed by atoms with Crippen LogP contribution in [0.4, 0.5) is 5.69 Å². The highest BCUT2D eigenvalue weighted by molar-refractivity contribution is 6.35. The van der Waals surface area contributed by atoms with Crippen molar-refractivity contribution in [3.8, 4) is 0 Å². The van der Waals surface area contributed by atoms with Crippen molar-refractivity contribution in [1.82, 2.24) is 15.2 Å². The molecule has 3 heterocycles. The Morgan fingerprint density at radius 2 is 1.71 bits per heavy atom. The van der Waals surface area contributed by atoms with Gasteiger partial charge in [-0.25, -0.2) is 0 Å². The Hall–Kier alpha value is -3.09. The molecule has 3 aromatic rings. The Morgan fingerprint density at radius 1 is 0.947 bits per heavy atom. The molecular weight excluding hydrogens is 519 g/mol. The molecule has 2 aliphatic heterocycles. The second-order valence-electron chi connectivity index (χ2n) is 10.8. The zero-order chi connectivity index (χ0) is 26.3. The van der Waals surface area contributed by atoms with E-state index in [1.165, 1.54) is 11.3 Å². The molecule has 1 aliphatic carbocycles. The zero-order valence-electron chi connectivity index (χ0n) is 21.1. The lowest BCUT2D eigenvalue weighted by Gasteiger charge is -2.40. The summed E-state index contributed by atoms with van der Waals surface area (Å²) < 4.78 is 0. The summed E-state index contributed by atoms with van der Waals surface area (Å²) in [5.41, 5.74) is 4.66. The number of pyridine rings is 1. The highest BCUT2D eigenvalue weighted by Crippen LogP contribution is 2.42. The fourth-order valence-corrected chi connectivity index (χ4v) is 6.66. The van der Waals surface area contributed by atoms with E-state index in [1.54, 1.807) is 18.2 Å². The molecule has 0 unspecified atom stereocenters. The summed E-state index contributed by atoms with van der Waals surface area (Å²) in [6.45, 7) is 3.60. The van der Waals surface area contributed by atoms with Gasteiger partial charge in [0.05, 0.1) is 16.6 Å². The predicted octanol–water partition coefficient (Wildman–Crippen LogP) is 5.94. The van der Waals surface area contributed by atoms with Crippen LogP contribution in [0.25, 0.3) is 0 Å². The molecule has 2 saturated heterocycles. The van der Waals surface area contributed by atoms with Gasteiger partial charge in [0.15, 0.2) is 0 Å². The standard InChI is InChI=1S/C30H30Cl2N4O2/c31-22-4-5-26(32)25(18-22)28(37)34-27-6-3-20-1-2-21(17-24(20)27)29(38)36-16-11-30(19-36)9-14-35(15-10-30)23-7-12-33-13-8-23/h1-2,4-5,7-8,12-13,17-18,27H,3,6,9-11,14-16,19H2,(H,34,37)/t27-/m1/s1. The number of piperidine rings is 1. The number of carbonyl (C=O) groups is 2. The van der Waals surface area contributed by atoms with Gasteiger partial charge in [-0.05, 0) is 91.1 Å². The predicted molar refractivity (Wildman–Crippen MR) is 150 cm³/mol. The minimum atomic E-state index is -0.258. The molecule has 2 fully saturated rings. The van der Waals surface area contributed by atoms with Crippen molar-refractivity contribution in [3.05, 3.63) is 93.2 Å². The average molecular weight is 550 g/mol. The first-order valence-corrected chi connectivity index (χ1v) is 14.0. The van der Waals surface area contributed by atoms with E-state index in [0.717, 1.165) is 63.8 Å². The highest BCUT2D eigenvalue weighted by atomic mass is 35.5. The maximum Gasteiger partial charge on any atom is 0.253 e. The highest BCUT2D eigenvalue weighted by Gasteiger charge is 2.42. The number of hydrogen-bond acceptors (Lipinski definition) is 4. The molecule has 2 amide bonds. The largest absolute Gasteiger partial charge is 0.371 e. The molecule has 196 valence electrons. The van der Waals surface area contributed by atoms with Gasteiger partial charge in [0.1, 0.15) is 0 Å². The normalized spacial score (nSPS) is 20.0. The third-order valence-electron chi connectivity index (χ3n) is 8.53. The maximum atomic E-state index is 13.6. The van der Waals surface area contributed by atoms with Gasteiger partial charge in [-0.3, -0.25) is 14.6 Å². The fraction of sp³-hybridized carbons (Fsp3) is 0.367. The Bertz CT molecular complexity index is 1370. The van der Waals surface area contributed by atoms with Crippen LogP contribution in [0.5, 0.6) is 0 Å². The van der Waals surface area contributed by atoms with Crippen molar-refractivity contribution in [3.63, 3.8) is 0 Å². The van der Waals surface area contributed by atoms with Crippen molar-refractivity contribution < 1.29 is 9.59 Å². The Morgan fingerprint density at radius 3 is 2.50 bits per heavy atom. The van der Waals surface area contributed by atoms with Crippen LogP contribution in [0.2, 0.25) is 10.0 Å². The molecule has 0 bridgehead atoms. The lowest BCUT2D eigenvalue weighted by Crippen LogP contribution is -2.42. The van der Waals surface area contributed by atoms with E-state index >= 15 is 0 Å². The number of hydrogen-bond donors (Lipinski definition) is 1. The van der Waals surface area contributed by atoms with Gasteiger partial charge in [-0.15, -0.1) is 0 Å². The number of halogens is 2. The lowest BCUT2D eigenvalue weighted by molar-refractivity contribution is 0.0764. The number of nitrogens with zero attached hydrogens (tertiary/aromatic N) is 3. The van der Waals surface area contributed by atoms with Crippen molar-refractivity contribution in [2.45, 2.75) is 38.1 Å². The zero-order valence-corrected chi connectivity index (χ0v) is 22.6. The Kier molecular flexibility index (Phi) is 6.79. The minimum absolute atomic E-state index is 0.0797. The summed E-state index contributed by atoms with van der Waals surface area (Å²) in [6, 6.07) is 14.8. The molecule has 6 nitrogen and oxygen atoms in total. The number of rotatable bonds is 4. The van der Waals surface area contributed by atoms with Gasteiger partial charge in [0, 0.05) is 54.8 Å². The summed E-state index contributed by atoms with van der Waals surface area (Å²) in [7, 11) is 0. The van der Waals surface area contributed by atoms with Crippen molar-refractivity contribution >= 4 is 40.7 Å². The molecule has 1 atom stereocenters. The van der Waals surface area contributed by atoms with E-state index in [1.807, 2.05) is 35.5 Å². The summed E-state index contributed by atoms with van der Waals surface area (Å²) in [6.07, 6.45) is 8.56. The van der Waals surface area contributed by atoms with Crippen LogP contribution < -0.4 is 10.2 Å². The van der Waals surface area contributed by atoms with Gasteiger partial charge in [-0.2, -0.15) is 0 Å². The quantitative estimate of drug-likeness (QED) is 0.438. The number of benzene rings is 2. The van der Waals surface area contributed by atoms with Crippen LogP contribution >= 0.6 is 23.2 Å². The van der Waals surface area contributed by atoms with Gasteiger partial charge in [0.2, 0.25) is 0 Å². The number of fused-ring (bicyclic) bond motifs is 1. The first-order valence-electron chi connectivity index (χ1n) is 13.2. The summed E-state index contributed by atoms with van der Waals surface area (Å²) in [4.78, 5) is 35.1. The molecule has 3 aliphatic rings. The van der Waals surface area contributed by atoms with Crippen molar-refractivity contribution in [2.75, 3.05) is 31.1 Å². The van der Waals surface area contributed by atoms with E-state index in [2.05, 4.69) is 27.3 Å². The lowest BCUT2D eigenvalue weighted by atomic mass is 9.77. The maximum absolute atomic E-state index is 13.6. The van der Waals surface area contributed by atoms with E-state index in [9.17, 15) is 9.59 Å². The summed E-state index contributed by atoms with van der Waals surface area (Å²) in [5, 5.41) is 3.93. The van der Waals surface area contributed by atoms with Crippen LogP contribution in [0, 0.1) is 5.41 Å². The van der Waals surface area contributed by atoms with E-state index in [4.69, 9.17) is 23.2 Å². The van der Waals surface area contributed by atoms with Crippen LogP contribution in [0.15, 0.2) is 60.9 Å². The molecule has 1 spiro atoms. The fourth-order valence-electron chi connectivity index (χ4n) is 6.29. The third-order valence-corrected chi connectivity index (χ3v) is 9.09. The van der Waals surface area contributed by atoms with Crippen molar-refractivity contribution in [1.29, 1.82) is 0 Å². The van der Waals surface area contributed by atoms with E-state index in [0.29, 0.717) is 21.2 Å². The van der Waals surface area contributed by atoms with Gasteiger partial charge < -0.3 is 15.1 Å². The van der Waals surface area contributed by atoms with Gasteiger partial charge in [0.25, 0.3) is 11.8 Å². The molecule has 6 rings (SSSR count). The van der Waals surface area contributed by atoms with Crippen LogP contribution in [0.3, 0.4) is 0 Å². The molecule has 38 heavy (non-hydrogen) atoms. The first-order chi connectivity index (χ1) is 18.4. The van der Waals surface area contributed by atoms with Crippen molar-refractivity contribution in [2.24, 2.45) is 5.41 Å². The summed E-state index contributed by atoms with van der Waals surface area (Å²) in [5.74, 6) is -0.178. The number of anilines is 1. The van der Waals surface area contributed by atoms with Gasteiger partial charge in [-0.1, -0.05) is 29.3 Å². The molecule has 1 N–H and O–H groups in total. The number of aryl methyl sites for hydroxylation is 1. The topological polar surface area (TPSA) is 65.5 Å². The third kappa shape index (κ3) is 4.87. The minimum Gasteiger partial charge on any atom is -0.371 e. The molecule has 0 saturated carbocycles. The van der Waals surface area contributed by atoms with Crippen LogP contribution in [0.1, 0.15) is 63.6 Å². The Balaban J connectivity index is 1.12.